The highest BCUT2D eigenvalue weighted by atomic mass is 32.2. The lowest BCUT2D eigenvalue weighted by Crippen LogP contribution is -2.10. The second kappa shape index (κ2) is 5.00. The van der Waals surface area contributed by atoms with Gasteiger partial charge in [-0.1, -0.05) is 6.07 Å². The van der Waals surface area contributed by atoms with Crippen LogP contribution in [0.25, 0.3) is 0 Å². The Labute approximate surface area is 105 Å². The first-order chi connectivity index (χ1) is 8.13. The third-order valence-electron chi connectivity index (χ3n) is 3.07. The first-order valence-electron chi connectivity index (χ1n) is 5.62. The van der Waals surface area contributed by atoms with Gasteiger partial charge in [0.1, 0.15) is 5.75 Å². The fourth-order valence-corrected chi connectivity index (χ4v) is 3.03. The number of hydrogen-bond donors (Lipinski definition) is 1. The number of benzene rings is 1. The molecule has 1 aromatic rings. The van der Waals surface area contributed by atoms with Crippen LogP contribution in [0.1, 0.15) is 19.3 Å². The Bertz CT molecular complexity index is 413. The van der Waals surface area contributed by atoms with Crippen molar-refractivity contribution in [2.45, 2.75) is 24.2 Å². The van der Waals surface area contributed by atoms with E-state index in [0.717, 1.165) is 29.2 Å². The van der Waals surface area contributed by atoms with E-state index in [-0.39, 0.29) is 5.41 Å². The van der Waals surface area contributed by atoms with Gasteiger partial charge < -0.3 is 9.84 Å². The number of hydrogen-bond acceptors (Lipinski definition) is 3. The highest BCUT2D eigenvalue weighted by Gasteiger charge is 2.44. The molecule has 3 nitrogen and oxygen atoms in total. The molecule has 92 valence electrons. The molecule has 0 aromatic heterocycles. The van der Waals surface area contributed by atoms with Gasteiger partial charge in [-0.05, 0) is 36.5 Å². The number of carbonyl (C=O) groups is 1. The third-order valence-corrected chi connectivity index (χ3v) is 4.41. The van der Waals surface area contributed by atoms with E-state index in [1.807, 2.05) is 24.3 Å². The number of carboxylic acid groups (broad SMARTS) is 1. The van der Waals surface area contributed by atoms with E-state index < -0.39 is 5.97 Å². The normalized spacial score (nSPS) is 16.5. The molecule has 0 heterocycles. The Kier molecular flexibility index (Phi) is 3.62. The Morgan fingerprint density at radius 2 is 2.29 bits per heavy atom. The maximum Gasteiger partial charge on any atom is 0.303 e. The summed E-state index contributed by atoms with van der Waals surface area (Å²) >= 11 is 1.72. The predicted octanol–water partition coefficient (Wildman–Crippen LogP) is 3.04. The van der Waals surface area contributed by atoms with Crippen LogP contribution in [0.5, 0.6) is 5.75 Å². The fourth-order valence-electron chi connectivity index (χ4n) is 1.80. The standard InChI is InChI=1S/C13H16O3S/c1-16-10-3-2-4-11(7-10)17-9-13(5-6-13)8-12(14)15/h2-4,7H,5-6,8-9H2,1H3,(H,14,15). The van der Waals surface area contributed by atoms with Gasteiger partial charge in [0.25, 0.3) is 0 Å². The van der Waals surface area contributed by atoms with Crippen molar-refractivity contribution in [3.63, 3.8) is 0 Å². The number of thioether (sulfide) groups is 1. The molecule has 0 amide bonds. The van der Waals surface area contributed by atoms with Gasteiger partial charge >= 0.3 is 5.97 Å². The first-order valence-corrected chi connectivity index (χ1v) is 6.61. The molecular weight excluding hydrogens is 236 g/mol. The molecule has 2 rings (SSSR count). The average Bonchev–Trinajstić information content (AvgIpc) is 3.06. The molecule has 1 aromatic carbocycles. The molecule has 0 bridgehead atoms. The molecule has 1 saturated carbocycles. The first kappa shape index (κ1) is 12.3. The van der Waals surface area contributed by atoms with Crippen LogP contribution in [0.3, 0.4) is 0 Å². The summed E-state index contributed by atoms with van der Waals surface area (Å²) in [6.45, 7) is 0. The molecule has 1 aliphatic carbocycles. The summed E-state index contributed by atoms with van der Waals surface area (Å²) in [5.74, 6) is 1.04. The number of carboxylic acids is 1. The smallest absolute Gasteiger partial charge is 0.303 e. The lowest BCUT2D eigenvalue weighted by molar-refractivity contribution is -0.138. The summed E-state index contributed by atoms with van der Waals surface area (Å²) in [5, 5.41) is 8.84. The molecular formula is C13H16O3S. The van der Waals surface area contributed by atoms with Gasteiger partial charge in [0.15, 0.2) is 0 Å². The number of rotatable bonds is 6. The second-order valence-corrected chi connectivity index (χ2v) is 5.59. The summed E-state index contributed by atoms with van der Waals surface area (Å²) in [4.78, 5) is 11.9. The summed E-state index contributed by atoms with van der Waals surface area (Å²) < 4.78 is 5.16. The number of ether oxygens (including phenoxy) is 1. The second-order valence-electron chi connectivity index (χ2n) is 4.54. The fraction of sp³-hybridized carbons (Fsp3) is 0.462. The Morgan fingerprint density at radius 3 is 2.88 bits per heavy atom. The minimum atomic E-state index is -0.686. The van der Waals surface area contributed by atoms with Crippen molar-refractivity contribution in [1.29, 1.82) is 0 Å². The van der Waals surface area contributed by atoms with Gasteiger partial charge in [-0.2, -0.15) is 0 Å². The largest absolute Gasteiger partial charge is 0.497 e. The van der Waals surface area contributed by atoms with E-state index >= 15 is 0 Å². The van der Waals surface area contributed by atoms with Crippen LogP contribution in [0.2, 0.25) is 0 Å². The third kappa shape index (κ3) is 3.40. The van der Waals surface area contributed by atoms with E-state index in [9.17, 15) is 4.79 Å². The number of aliphatic carboxylic acids is 1. The van der Waals surface area contributed by atoms with E-state index in [4.69, 9.17) is 9.84 Å². The van der Waals surface area contributed by atoms with Crippen LogP contribution >= 0.6 is 11.8 Å². The summed E-state index contributed by atoms with van der Waals surface area (Å²) in [6.07, 6.45) is 2.37. The SMILES string of the molecule is COc1cccc(SCC2(CC(=O)O)CC2)c1. The maximum absolute atomic E-state index is 10.7. The van der Waals surface area contributed by atoms with Crippen molar-refractivity contribution < 1.29 is 14.6 Å². The van der Waals surface area contributed by atoms with Crippen molar-refractivity contribution in [1.82, 2.24) is 0 Å². The quantitative estimate of drug-likeness (QED) is 0.790. The van der Waals surface area contributed by atoms with Crippen LogP contribution in [0.4, 0.5) is 0 Å². The van der Waals surface area contributed by atoms with Gasteiger partial charge in [0.05, 0.1) is 13.5 Å². The van der Waals surface area contributed by atoms with E-state index in [1.54, 1.807) is 18.9 Å². The molecule has 0 saturated heterocycles. The van der Waals surface area contributed by atoms with Gasteiger partial charge in [-0.3, -0.25) is 4.79 Å². The van der Waals surface area contributed by atoms with Crippen molar-refractivity contribution in [2.24, 2.45) is 5.41 Å². The zero-order valence-corrected chi connectivity index (χ0v) is 10.6. The van der Waals surface area contributed by atoms with Crippen LogP contribution in [-0.2, 0) is 4.79 Å². The Hall–Kier alpha value is -1.16. The predicted molar refractivity (Wildman–Crippen MR) is 67.6 cm³/mol. The highest BCUT2D eigenvalue weighted by Crippen LogP contribution is 2.52. The lowest BCUT2D eigenvalue weighted by Gasteiger charge is -2.12. The molecule has 17 heavy (non-hydrogen) atoms. The van der Waals surface area contributed by atoms with Crippen LogP contribution < -0.4 is 4.74 Å². The van der Waals surface area contributed by atoms with Gasteiger partial charge in [0.2, 0.25) is 0 Å². The van der Waals surface area contributed by atoms with Crippen LogP contribution in [-0.4, -0.2) is 23.9 Å². The zero-order valence-electron chi connectivity index (χ0n) is 9.81. The maximum atomic E-state index is 10.7. The molecule has 1 fully saturated rings. The lowest BCUT2D eigenvalue weighted by atomic mass is 10.1. The average molecular weight is 252 g/mol. The summed E-state index contributed by atoms with van der Waals surface area (Å²) in [7, 11) is 1.65. The van der Waals surface area contributed by atoms with E-state index in [2.05, 4.69) is 0 Å². The molecule has 1 N–H and O–H groups in total. The molecule has 1 aliphatic rings. The molecule has 4 heteroatoms. The van der Waals surface area contributed by atoms with E-state index in [0.29, 0.717) is 6.42 Å². The van der Waals surface area contributed by atoms with Crippen molar-refractivity contribution in [3.05, 3.63) is 24.3 Å². The van der Waals surface area contributed by atoms with E-state index in [1.165, 1.54) is 0 Å². The van der Waals surface area contributed by atoms with Gasteiger partial charge in [0, 0.05) is 10.6 Å². The Morgan fingerprint density at radius 1 is 1.53 bits per heavy atom. The molecule has 0 atom stereocenters. The summed E-state index contributed by atoms with van der Waals surface area (Å²) in [5.41, 5.74) is 0.0412. The highest BCUT2D eigenvalue weighted by molar-refractivity contribution is 7.99. The van der Waals surface area contributed by atoms with Crippen molar-refractivity contribution >= 4 is 17.7 Å². The zero-order chi connectivity index (χ0) is 12.3. The minimum Gasteiger partial charge on any atom is -0.497 e. The van der Waals surface area contributed by atoms with Crippen LogP contribution in [0.15, 0.2) is 29.2 Å². The van der Waals surface area contributed by atoms with Gasteiger partial charge in [-0.15, -0.1) is 11.8 Å². The molecule has 0 spiro atoms. The molecule has 0 radical (unpaired) electrons. The van der Waals surface area contributed by atoms with Crippen molar-refractivity contribution in [3.8, 4) is 5.75 Å². The molecule has 0 aliphatic heterocycles. The van der Waals surface area contributed by atoms with Gasteiger partial charge in [-0.25, -0.2) is 0 Å². The summed E-state index contributed by atoms with van der Waals surface area (Å²) in [6, 6.07) is 7.89. The topological polar surface area (TPSA) is 46.5 Å². The minimum absolute atomic E-state index is 0.0412. The van der Waals surface area contributed by atoms with Crippen LogP contribution in [0, 0.1) is 5.41 Å². The monoisotopic (exact) mass is 252 g/mol. The molecule has 0 unspecified atom stereocenters. The number of methoxy groups -OCH3 is 1. The van der Waals surface area contributed by atoms with Crippen molar-refractivity contribution in [2.75, 3.05) is 12.9 Å². The Balaban J connectivity index is 1.91.